The number of aliphatic hydroxyl groups excluding tert-OH is 1. The minimum atomic E-state index is -1.09. The number of aryl methyl sites for hydroxylation is 1. The summed E-state index contributed by atoms with van der Waals surface area (Å²) in [5.74, 6) is -0.387. The van der Waals surface area contributed by atoms with E-state index in [1.807, 2.05) is 0 Å². The molecule has 9 heteroatoms. The highest BCUT2D eigenvalue weighted by Gasteiger charge is 2.26. The van der Waals surface area contributed by atoms with Crippen molar-refractivity contribution in [1.29, 1.82) is 0 Å². The number of aliphatic hydroxyl groups is 1. The predicted molar refractivity (Wildman–Crippen MR) is 159 cm³/mol. The summed E-state index contributed by atoms with van der Waals surface area (Å²) in [5.41, 5.74) is 13.7. The van der Waals surface area contributed by atoms with Crippen molar-refractivity contribution in [3.8, 4) is 0 Å². The van der Waals surface area contributed by atoms with Crippen LogP contribution in [0.5, 0.6) is 0 Å². The van der Waals surface area contributed by atoms with Crippen molar-refractivity contribution in [3.63, 3.8) is 0 Å². The van der Waals surface area contributed by atoms with Gasteiger partial charge >= 0.3 is 0 Å². The lowest BCUT2D eigenvalue weighted by atomic mass is 9.87. The molecule has 1 aliphatic rings. The van der Waals surface area contributed by atoms with Crippen molar-refractivity contribution in [3.05, 3.63) is 35.4 Å². The first-order valence-corrected chi connectivity index (χ1v) is 15.4. The van der Waals surface area contributed by atoms with E-state index < -0.39 is 24.6 Å². The molecule has 9 nitrogen and oxygen atoms in total. The molecule has 8 N–H and O–H groups in total. The molecule has 0 aromatic heterocycles. The van der Waals surface area contributed by atoms with Crippen LogP contribution in [0.25, 0.3) is 0 Å². The Morgan fingerprint density at radius 1 is 0.825 bits per heavy atom. The van der Waals surface area contributed by atoms with Gasteiger partial charge in [-0.15, -0.1) is 0 Å². The van der Waals surface area contributed by atoms with E-state index in [-0.39, 0.29) is 18.2 Å². The normalized spacial score (nSPS) is 15.3. The molecule has 0 bridgehead atoms. The van der Waals surface area contributed by atoms with E-state index in [0.717, 1.165) is 44.1 Å². The third-order valence-electron chi connectivity index (χ3n) is 7.87. The molecule has 0 unspecified atom stereocenters. The molecule has 0 aliphatic heterocycles. The number of hydrogen-bond acceptors (Lipinski definition) is 6. The third kappa shape index (κ3) is 13.7. The molecular formula is C31H53N5O4. The maximum Gasteiger partial charge on any atom is 0.245 e. The lowest BCUT2D eigenvalue weighted by molar-refractivity contribution is -0.133. The largest absolute Gasteiger partial charge is 0.394 e. The van der Waals surface area contributed by atoms with Gasteiger partial charge < -0.3 is 32.5 Å². The Labute approximate surface area is 240 Å². The first kappa shape index (κ1) is 33.7. The predicted octanol–water partition coefficient (Wildman–Crippen LogP) is 2.82. The number of nitrogens with two attached hydrogens (primary N) is 2. The molecule has 1 saturated carbocycles. The van der Waals surface area contributed by atoms with E-state index >= 15 is 0 Å². The molecule has 1 aliphatic carbocycles. The maximum absolute atomic E-state index is 12.9. The molecule has 0 saturated heterocycles. The van der Waals surface area contributed by atoms with Crippen LogP contribution in [0.3, 0.4) is 0 Å². The van der Waals surface area contributed by atoms with Gasteiger partial charge in [0, 0.05) is 19.5 Å². The zero-order valence-electron chi connectivity index (χ0n) is 24.3. The third-order valence-corrected chi connectivity index (χ3v) is 7.87. The lowest BCUT2D eigenvalue weighted by Gasteiger charge is -2.24. The van der Waals surface area contributed by atoms with Crippen LogP contribution >= 0.6 is 0 Å². The number of unbranched alkanes of at least 4 members (excludes halogenated alkanes) is 4. The molecule has 40 heavy (non-hydrogen) atoms. The summed E-state index contributed by atoms with van der Waals surface area (Å²) < 4.78 is 0. The molecule has 0 spiro atoms. The van der Waals surface area contributed by atoms with Crippen LogP contribution in [0.2, 0.25) is 0 Å². The van der Waals surface area contributed by atoms with Gasteiger partial charge in [-0.1, -0.05) is 69.2 Å². The van der Waals surface area contributed by atoms with E-state index in [0.29, 0.717) is 44.8 Å². The summed E-state index contributed by atoms with van der Waals surface area (Å²) in [4.78, 5) is 38.2. The molecule has 3 amide bonds. The standard InChI is InChI=1S/C31H53N5O4/c32-20-9-8-13-27(30(39)34-21-19-24-10-5-3-6-11-24)36-31(40)28(23-37)35-29(38)14-7-2-1-4-12-25-15-17-26(22-33)18-16-25/h15-18,24,27-28,37H,1-14,19-23,32-33H2,(H,34,39)(H,35,38)(H,36,40)/t27-,28-/m0/s1. The van der Waals surface area contributed by atoms with Crippen LogP contribution in [-0.2, 0) is 27.3 Å². The highest BCUT2D eigenvalue weighted by molar-refractivity contribution is 5.92. The van der Waals surface area contributed by atoms with Crippen LogP contribution in [0.15, 0.2) is 24.3 Å². The number of benzene rings is 1. The fraction of sp³-hybridized carbons (Fsp3) is 0.710. The second-order valence-corrected chi connectivity index (χ2v) is 11.2. The zero-order chi connectivity index (χ0) is 29.0. The molecule has 2 atom stereocenters. The Hall–Kier alpha value is -2.49. The summed E-state index contributed by atoms with van der Waals surface area (Å²) in [6.45, 7) is 1.13. The van der Waals surface area contributed by atoms with E-state index in [2.05, 4.69) is 40.2 Å². The van der Waals surface area contributed by atoms with E-state index in [4.69, 9.17) is 11.5 Å². The van der Waals surface area contributed by atoms with Crippen molar-refractivity contribution in [1.82, 2.24) is 16.0 Å². The lowest BCUT2D eigenvalue weighted by Crippen LogP contribution is -2.55. The van der Waals surface area contributed by atoms with E-state index in [1.54, 1.807) is 0 Å². The monoisotopic (exact) mass is 559 g/mol. The number of rotatable bonds is 20. The fourth-order valence-corrected chi connectivity index (χ4v) is 5.30. The van der Waals surface area contributed by atoms with E-state index in [1.165, 1.54) is 37.7 Å². The van der Waals surface area contributed by atoms with Crippen LogP contribution in [0, 0.1) is 5.92 Å². The van der Waals surface area contributed by atoms with Crippen molar-refractivity contribution in [2.45, 2.75) is 115 Å². The van der Waals surface area contributed by atoms with Gasteiger partial charge in [-0.05, 0) is 68.5 Å². The van der Waals surface area contributed by atoms with Crippen molar-refractivity contribution < 1.29 is 19.5 Å². The summed E-state index contributed by atoms with van der Waals surface area (Å²) >= 11 is 0. The summed E-state index contributed by atoms with van der Waals surface area (Å²) in [7, 11) is 0. The minimum absolute atomic E-state index is 0.223. The first-order chi connectivity index (χ1) is 19.5. The summed E-state index contributed by atoms with van der Waals surface area (Å²) in [6, 6.07) is 6.53. The molecule has 0 radical (unpaired) electrons. The summed E-state index contributed by atoms with van der Waals surface area (Å²) in [5, 5.41) is 18.1. The smallest absolute Gasteiger partial charge is 0.245 e. The Morgan fingerprint density at radius 3 is 2.20 bits per heavy atom. The Kier molecular flexibility index (Phi) is 17.2. The highest BCUT2D eigenvalue weighted by Crippen LogP contribution is 2.25. The number of amides is 3. The average molecular weight is 560 g/mol. The SMILES string of the molecule is NCCCC[C@H](NC(=O)[C@H](CO)NC(=O)CCCCCCc1ccc(CN)cc1)C(=O)NCCC1CCCCC1. The van der Waals surface area contributed by atoms with Gasteiger partial charge in [-0.3, -0.25) is 14.4 Å². The van der Waals surface area contributed by atoms with Gasteiger partial charge in [-0.2, -0.15) is 0 Å². The maximum atomic E-state index is 12.9. The van der Waals surface area contributed by atoms with Crippen molar-refractivity contribution >= 4 is 17.7 Å². The van der Waals surface area contributed by atoms with Crippen LogP contribution < -0.4 is 27.4 Å². The molecule has 2 rings (SSSR count). The number of carbonyl (C=O) groups is 3. The molecular weight excluding hydrogens is 506 g/mol. The highest BCUT2D eigenvalue weighted by atomic mass is 16.3. The Balaban J connectivity index is 1.70. The number of nitrogens with one attached hydrogen (secondary N) is 3. The van der Waals surface area contributed by atoms with E-state index in [9.17, 15) is 19.5 Å². The van der Waals surface area contributed by atoms with Crippen molar-refractivity contribution in [2.24, 2.45) is 17.4 Å². The van der Waals surface area contributed by atoms with Crippen LogP contribution in [0.1, 0.15) is 101 Å². The molecule has 1 aromatic carbocycles. The molecule has 1 aromatic rings. The second kappa shape index (κ2) is 20.4. The van der Waals surface area contributed by atoms with Crippen LogP contribution in [-0.4, -0.2) is 54.6 Å². The Bertz CT molecular complexity index is 858. The van der Waals surface area contributed by atoms with Gasteiger partial charge in [0.15, 0.2) is 0 Å². The fourth-order valence-electron chi connectivity index (χ4n) is 5.30. The van der Waals surface area contributed by atoms with Gasteiger partial charge in [0.2, 0.25) is 17.7 Å². The Morgan fingerprint density at radius 2 is 1.52 bits per heavy atom. The zero-order valence-corrected chi connectivity index (χ0v) is 24.3. The number of carbonyl (C=O) groups excluding carboxylic acids is 3. The topological polar surface area (TPSA) is 160 Å². The number of hydrogen-bond donors (Lipinski definition) is 6. The van der Waals surface area contributed by atoms with Gasteiger partial charge in [-0.25, -0.2) is 0 Å². The minimum Gasteiger partial charge on any atom is -0.394 e. The summed E-state index contributed by atoms with van der Waals surface area (Å²) in [6.07, 6.45) is 14.1. The second-order valence-electron chi connectivity index (χ2n) is 11.2. The molecule has 1 fully saturated rings. The van der Waals surface area contributed by atoms with Gasteiger partial charge in [0.1, 0.15) is 12.1 Å². The molecule has 0 heterocycles. The van der Waals surface area contributed by atoms with Crippen molar-refractivity contribution in [2.75, 3.05) is 19.7 Å². The molecule has 226 valence electrons. The van der Waals surface area contributed by atoms with Crippen LogP contribution in [0.4, 0.5) is 0 Å². The van der Waals surface area contributed by atoms with Gasteiger partial charge in [0.05, 0.1) is 6.61 Å². The first-order valence-electron chi connectivity index (χ1n) is 15.4. The average Bonchev–Trinajstić information content (AvgIpc) is 2.97. The van der Waals surface area contributed by atoms with Gasteiger partial charge in [0.25, 0.3) is 0 Å². The quantitative estimate of drug-likeness (QED) is 0.135.